The van der Waals surface area contributed by atoms with Gasteiger partial charge in [0, 0.05) is 6.04 Å². The highest BCUT2D eigenvalue weighted by Crippen LogP contribution is 2.37. The van der Waals surface area contributed by atoms with Gasteiger partial charge in [-0.2, -0.15) is 13.2 Å². The van der Waals surface area contributed by atoms with Gasteiger partial charge >= 0.3 is 6.18 Å². The van der Waals surface area contributed by atoms with E-state index in [4.69, 9.17) is 16.3 Å². The third-order valence-electron chi connectivity index (χ3n) is 7.93. The van der Waals surface area contributed by atoms with E-state index in [0.29, 0.717) is 31.7 Å². The molecule has 0 aromatic heterocycles. The van der Waals surface area contributed by atoms with Crippen molar-refractivity contribution in [2.24, 2.45) is 11.8 Å². The molecule has 0 aromatic carbocycles. The Hall–Kier alpha value is -0.340. The number of rotatable bonds is 14. The molecule has 1 saturated carbocycles. The van der Waals surface area contributed by atoms with Crippen molar-refractivity contribution in [2.75, 3.05) is 19.3 Å². The number of thioether (sulfide) groups is 1. The van der Waals surface area contributed by atoms with Crippen LogP contribution < -0.4 is 16.0 Å². The maximum absolute atomic E-state index is 13.0. The first-order chi connectivity index (χ1) is 18.3. The van der Waals surface area contributed by atoms with E-state index < -0.39 is 53.5 Å². The van der Waals surface area contributed by atoms with Crippen LogP contribution in [-0.2, 0) is 9.53 Å². The number of nitrogens with one attached hydrogen (secondary N) is 3. The first-order valence-electron chi connectivity index (χ1n) is 14.0. The lowest BCUT2D eigenvalue weighted by Crippen LogP contribution is -2.55. The van der Waals surface area contributed by atoms with Crippen LogP contribution in [0.1, 0.15) is 71.6 Å². The highest BCUT2D eigenvalue weighted by atomic mass is 35.5. The topological polar surface area (TPSA) is 123 Å². The van der Waals surface area contributed by atoms with Crippen LogP contribution in [0.5, 0.6) is 0 Å². The van der Waals surface area contributed by atoms with Crippen LogP contribution >= 0.6 is 23.4 Å². The first-order valence-corrected chi connectivity index (χ1v) is 15.8. The quantitative estimate of drug-likeness (QED) is 0.101. The van der Waals surface area contributed by atoms with Gasteiger partial charge in [-0.1, -0.05) is 0 Å². The number of hydrogen-bond acceptors (Lipinski definition) is 8. The molecule has 1 aliphatic heterocycles. The molecule has 0 spiro atoms. The summed E-state index contributed by atoms with van der Waals surface area (Å²) in [6.45, 7) is 4.50. The van der Waals surface area contributed by atoms with Gasteiger partial charge < -0.3 is 36.0 Å². The zero-order valence-corrected chi connectivity index (χ0v) is 24.7. The monoisotopic (exact) mass is 605 g/mol. The van der Waals surface area contributed by atoms with Crippen molar-refractivity contribution < 1.29 is 38.0 Å². The summed E-state index contributed by atoms with van der Waals surface area (Å²) in [5.74, 6) is -1.00. The molecule has 2 rings (SSSR count). The average Bonchev–Trinajstić information content (AvgIpc) is 3.13. The van der Waals surface area contributed by atoms with Gasteiger partial charge in [0.15, 0.2) is 6.29 Å². The van der Waals surface area contributed by atoms with Crippen LogP contribution in [0, 0.1) is 11.8 Å². The van der Waals surface area contributed by atoms with Crippen LogP contribution in [0.25, 0.3) is 0 Å². The Bertz CT molecular complexity index is 717. The lowest BCUT2D eigenvalue weighted by molar-refractivity contribution is -0.182. The van der Waals surface area contributed by atoms with Gasteiger partial charge in [-0.25, -0.2) is 0 Å². The van der Waals surface area contributed by atoms with Crippen LogP contribution in [0.3, 0.4) is 0 Å². The van der Waals surface area contributed by atoms with E-state index in [1.54, 1.807) is 13.2 Å². The fourth-order valence-electron chi connectivity index (χ4n) is 5.35. The SMILES string of the molecule is CSC(O[C@@H](O)C(NC(=O)C1CC[C@H](CCCNC2CCC(C(F)(F)F)CC2)CCN1)C(C)Cl)C(O)[C@@H](C)O. The molecule has 8 atom stereocenters. The second kappa shape index (κ2) is 16.9. The number of carbonyl (C=O) groups excluding carboxylic acids is 1. The van der Waals surface area contributed by atoms with Gasteiger partial charge in [0.25, 0.3) is 0 Å². The summed E-state index contributed by atoms with van der Waals surface area (Å²) in [7, 11) is 0. The highest BCUT2D eigenvalue weighted by Gasteiger charge is 2.41. The summed E-state index contributed by atoms with van der Waals surface area (Å²) in [6, 6.07) is -1.21. The number of ether oxygens (including phenoxy) is 1. The molecule has 1 saturated heterocycles. The van der Waals surface area contributed by atoms with Crippen LogP contribution in [0.4, 0.5) is 13.2 Å². The predicted octanol–water partition coefficient (Wildman–Crippen LogP) is 3.11. The van der Waals surface area contributed by atoms with Crippen LogP contribution in [-0.4, -0.2) is 94.2 Å². The van der Waals surface area contributed by atoms with Crippen molar-refractivity contribution >= 4 is 29.3 Å². The largest absolute Gasteiger partial charge is 0.391 e. The molecule has 13 heteroatoms. The number of hydrogen-bond donors (Lipinski definition) is 6. The fraction of sp³-hybridized carbons (Fsp3) is 0.962. The lowest BCUT2D eigenvalue weighted by Gasteiger charge is -2.32. The fourth-order valence-corrected chi connectivity index (χ4v) is 6.27. The Balaban J connectivity index is 1.74. The minimum atomic E-state index is -4.08. The molecule has 2 aliphatic rings. The van der Waals surface area contributed by atoms with Gasteiger partial charge in [0.2, 0.25) is 5.91 Å². The number of amides is 1. The molecular formula is C26H47ClF3N3O5S. The summed E-state index contributed by atoms with van der Waals surface area (Å²) in [5.41, 5.74) is -0.906. The normalized spacial score (nSPS) is 29.5. The van der Waals surface area contributed by atoms with Gasteiger partial charge in [-0.05, 0) is 96.9 Å². The van der Waals surface area contributed by atoms with E-state index >= 15 is 0 Å². The molecule has 1 amide bonds. The Morgan fingerprint density at radius 1 is 1.10 bits per heavy atom. The van der Waals surface area contributed by atoms with E-state index in [1.165, 1.54) is 6.92 Å². The summed E-state index contributed by atoms with van der Waals surface area (Å²) in [4.78, 5) is 13.0. The second-order valence-corrected chi connectivity index (χ2v) is 12.6. The molecule has 8 nitrogen and oxygen atoms in total. The Morgan fingerprint density at radius 2 is 1.77 bits per heavy atom. The summed E-state index contributed by atoms with van der Waals surface area (Å²) in [6.07, 6.45) is -0.320. The standard InChI is InChI=1S/C26H47ClF3N3O5S/c1-15(27)21(24(37)38-25(39-3)22(35)16(2)34)33-23(36)20-11-6-17(12-14-32-20)5-4-13-31-19-9-7-18(8-10-19)26(28,29)30/h15-22,24-25,31-32,34-35,37H,4-14H2,1-3H3,(H,33,36)/t15?,16-,17+,18?,19?,20?,21?,22?,24-,25?/m1/s1. The molecule has 0 aromatic rings. The minimum absolute atomic E-state index is 0.158. The highest BCUT2D eigenvalue weighted by molar-refractivity contribution is 7.99. The van der Waals surface area contributed by atoms with E-state index in [1.807, 2.05) is 0 Å². The van der Waals surface area contributed by atoms with Gasteiger partial charge in [0.05, 0.1) is 29.5 Å². The summed E-state index contributed by atoms with van der Waals surface area (Å²) < 4.78 is 44.1. The van der Waals surface area contributed by atoms with Crippen molar-refractivity contribution in [2.45, 2.75) is 125 Å². The van der Waals surface area contributed by atoms with E-state index in [2.05, 4.69) is 16.0 Å². The van der Waals surface area contributed by atoms with Crippen molar-refractivity contribution in [3.8, 4) is 0 Å². The average molecular weight is 606 g/mol. The Morgan fingerprint density at radius 3 is 2.33 bits per heavy atom. The Kier molecular flexibility index (Phi) is 15.1. The molecule has 1 aliphatic carbocycles. The van der Waals surface area contributed by atoms with Crippen molar-refractivity contribution in [3.05, 3.63) is 0 Å². The van der Waals surface area contributed by atoms with Crippen molar-refractivity contribution in [3.63, 3.8) is 0 Å². The van der Waals surface area contributed by atoms with Crippen LogP contribution in [0.2, 0.25) is 0 Å². The van der Waals surface area contributed by atoms with Gasteiger partial charge in [-0.15, -0.1) is 23.4 Å². The lowest BCUT2D eigenvalue weighted by atomic mass is 9.85. The molecule has 1 heterocycles. The zero-order chi connectivity index (χ0) is 29.2. The minimum Gasteiger partial charge on any atom is -0.391 e. The predicted molar refractivity (Wildman–Crippen MR) is 147 cm³/mol. The third kappa shape index (κ3) is 11.8. The van der Waals surface area contributed by atoms with E-state index in [0.717, 1.165) is 44.0 Å². The van der Waals surface area contributed by atoms with Crippen molar-refractivity contribution in [1.82, 2.24) is 16.0 Å². The molecule has 6 N–H and O–H groups in total. The van der Waals surface area contributed by atoms with Crippen LogP contribution in [0.15, 0.2) is 0 Å². The van der Waals surface area contributed by atoms with Gasteiger partial charge in [0.1, 0.15) is 11.5 Å². The molecule has 5 unspecified atom stereocenters. The molecule has 0 radical (unpaired) electrons. The van der Waals surface area contributed by atoms with E-state index in [-0.39, 0.29) is 24.8 Å². The number of aliphatic hydroxyl groups excluding tert-OH is 3. The van der Waals surface area contributed by atoms with Crippen molar-refractivity contribution in [1.29, 1.82) is 0 Å². The van der Waals surface area contributed by atoms with Gasteiger partial charge in [-0.3, -0.25) is 4.79 Å². The maximum atomic E-state index is 13.0. The Labute approximate surface area is 239 Å². The molecule has 230 valence electrons. The zero-order valence-electron chi connectivity index (χ0n) is 23.1. The number of alkyl halides is 4. The van der Waals surface area contributed by atoms with E-state index in [9.17, 15) is 33.3 Å². The second-order valence-electron chi connectivity index (χ2n) is 11.0. The number of halogens is 4. The molecular weight excluding hydrogens is 559 g/mol. The number of carbonyl (C=O) groups is 1. The maximum Gasteiger partial charge on any atom is 0.391 e. The molecule has 2 fully saturated rings. The molecule has 39 heavy (non-hydrogen) atoms. The smallest absolute Gasteiger partial charge is 0.391 e. The number of aliphatic hydroxyl groups is 3. The first kappa shape index (κ1) is 34.9. The molecule has 0 bridgehead atoms. The summed E-state index contributed by atoms with van der Waals surface area (Å²) >= 11 is 7.37. The third-order valence-corrected chi connectivity index (χ3v) is 9.05. The summed E-state index contributed by atoms with van der Waals surface area (Å²) in [5, 5.41) is 39.2.